The molecule has 2 aromatic carbocycles. The molecule has 3 rings (SSSR count). The van der Waals surface area contributed by atoms with Crippen LogP contribution in [0.3, 0.4) is 0 Å². The molecule has 7 nitrogen and oxygen atoms in total. The monoisotopic (exact) mass is 375 g/mol. The highest BCUT2D eigenvalue weighted by Crippen LogP contribution is 2.09. The molecule has 144 valence electrons. The first-order valence-electron chi connectivity index (χ1n) is 8.97. The number of anilines is 1. The molecule has 0 amide bonds. The lowest BCUT2D eigenvalue weighted by atomic mass is 10.2. The van der Waals surface area contributed by atoms with Gasteiger partial charge in [0.15, 0.2) is 0 Å². The fraction of sp³-hybridized carbons (Fsp3) is 0.143. The summed E-state index contributed by atoms with van der Waals surface area (Å²) in [5.41, 5.74) is 10.6. The van der Waals surface area contributed by atoms with E-state index in [4.69, 9.17) is 5.73 Å². The second-order valence-corrected chi connectivity index (χ2v) is 6.39. The zero-order valence-electron chi connectivity index (χ0n) is 15.7. The maximum atomic E-state index is 5.69. The van der Waals surface area contributed by atoms with Crippen molar-refractivity contribution in [3.05, 3.63) is 97.0 Å². The molecule has 0 saturated heterocycles. The molecule has 0 saturated carbocycles. The van der Waals surface area contributed by atoms with Crippen molar-refractivity contribution in [2.75, 3.05) is 12.3 Å². The smallest absolute Gasteiger partial charge is 0.138 e. The fourth-order valence-corrected chi connectivity index (χ4v) is 2.56. The van der Waals surface area contributed by atoms with Crippen molar-refractivity contribution in [2.45, 2.75) is 13.1 Å². The molecule has 7 heteroatoms. The van der Waals surface area contributed by atoms with Crippen molar-refractivity contribution in [2.24, 2.45) is 0 Å². The Labute approximate surface area is 165 Å². The van der Waals surface area contributed by atoms with Gasteiger partial charge in [0.2, 0.25) is 0 Å². The average Bonchev–Trinajstić information content (AvgIpc) is 3.25. The van der Waals surface area contributed by atoms with Gasteiger partial charge in [0, 0.05) is 24.5 Å². The first kappa shape index (κ1) is 19.0. The van der Waals surface area contributed by atoms with E-state index in [1.807, 2.05) is 36.4 Å². The van der Waals surface area contributed by atoms with Gasteiger partial charge in [0.05, 0.1) is 18.1 Å². The van der Waals surface area contributed by atoms with Crippen LogP contribution in [0.25, 0.3) is 5.69 Å². The second kappa shape index (κ2) is 9.27. The number of nitrogen functional groups attached to an aromatic ring is 1. The topological polar surface area (TPSA) is 92.8 Å². The van der Waals surface area contributed by atoms with E-state index < -0.39 is 0 Å². The molecule has 3 aromatic rings. The van der Waals surface area contributed by atoms with Gasteiger partial charge in [0.25, 0.3) is 0 Å². The van der Waals surface area contributed by atoms with Gasteiger partial charge >= 0.3 is 0 Å². The molecule has 0 unspecified atom stereocenters. The third-order valence-corrected chi connectivity index (χ3v) is 4.14. The predicted octanol–water partition coefficient (Wildman–Crippen LogP) is 2.30. The van der Waals surface area contributed by atoms with Crippen LogP contribution in [0.2, 0.25) is 0 Å². The van der Waals surface area contributed by atoms with Gasteiger partial charge in [-0.2, -0.15) is 5.10 Å². The lowest BCUT2D eigenvalue weighted by Gasteiger charge is -2.15. The van der Waals surface area contributed by atoms with Gasteiger partial charge in [-0.25, -0.2) is 9.67 Å². The zero-order chi connectivity index (χ0) is 19.8. The molecule has 1 aromatic heterocycles. The molecular weight excluding hydrogens is 350 g/mol. The van der Waals surface area contributed by atoms with Crippen LogP contribution in [-0.4, -0.2) is 21.3 Å². The van der Waals surface area contributed by atoms with Gasteiger partial charge < -0.3 is 21.7 Å². The summed E-state index contributed by atoms with van der Waals surface area (Å²) in [4.78, 5) is 3.98. The highest BCUT2D eigenvalue weighted by molar-refractivity contribution is 5.39. The highest BCUT2D eigenvalue weighted by Gasteiger charge is 2.01. The van der Waals surface area contributed by atoms with E-state index in [1.54, 1.807) is 11.0 Å². The summed E-state index contributed by atoms with van der Waals surface area (Å²) in [6.07, 6.45) is 3.20. The van der Waals surface area contributed by atoms with Crippen LogP contribution in [-0.2, 0) is 13.1 Å². The van der Waals surface area contributed by atoms with Gasteiger partial charge in [-0.1, -0.05) is 37.4 Å². The number of nitrogens with two attached hydrogens (primary N) is 1. The molecule has 0 spiro atoms. The minimum Gasteiger partial charge on any atom is -0.399 e. The number of hydrogen-bond donors (Lipinski definition) is 4. The first-order valence-corrected chi connectivity index (χ1v) is 8.97. The molecule has 0 aliphatic rings. The Hall–Kier alpha value is -3.74. The zero-order valence-corrected chi connectivity index (χ0v) is 15.7. The molecule has 0 radical (unpaired) electrons. The quantitative estimate of drug-likeness (QED) is 0.407. The van der Waals surface area contributed by atoms with E-state index in [9.17, 15) is 0 Å². The maximum absolute atomic E-state index is 5.69. The number of hydrogen-bond acceptors (Lipinski definition) is 6. The molecule has 1 heterocycles. The van der Waals surface area contributed by atoms with Gasteiger partial charge in [-0.05, 0) is 35.4 Å². The summed E-state index contributed by atoms with van der Waals surface area (Å²) in [5.74, 6) is 0.743. The third kappa shape index (κ3) is 5.63. The van der Waals surface area contributed by atoms with E-state index in [-0.39, 0.29) is 0 Å². The Bertz CT molecular complexity index is 914. The minimum atomic E-state index is 0.580. The van der Waals surface area contributed by atoms with Crippen molar-refractivity contribution in [1.82, 2.24) is 30.7 Å². The summed E-state index contributed by atoms with van der Waals surface area (Å²) < 4.78 is 1.73. The molecule has 5 N–H and O–H groups in total. The summed E-state index contributed by atoms with van der Waals surface area (Å²) in [5, 5.41) is 13.9. The first-order chi connectivity index (χ1) is 13.6. The molecule has 28 heavy (non-hydrogen) atoms. The van der Waals surface area contributed by atoms with E-state index in [2.05, 4.69) is 51.3 Å². The van der Waals surface area contributed by atoms with Crippen molar-refractivity contribution < 1.29 is 0 Å². The van der Waals surface area contributed by atoms with E-state index in [1.165, 1.54) is 6.33 Å². The molecule has 0 fully saturated rings. The fourth-order valence-electron chi connectivity index (χ4n) is 2.56. The molecule has 0 aliphatic carbocycles. The maximum Gasteiger partial charge on any atom is 0.138 e. The Morgan fingerprint density at radius 1 is 0.964 bits per heavy atom. The molecule has 0 bridgehead atoms. The van der Waals surface area contributed by atoms with Gasteiger partial charge in [-0.3, -0.25) is 0 Å². The van der Waals surface area contributed by atoms with Crippen LogP contribution in [0, 0.1) is 0 Å². The highest BCUT2D eigenvalue weighted by atomic mass is 15.3. The van der Waals surface area contributed by atoms with E-state index in [0.29, 0.717) is 19.6 Å². The number of benzene rings is 2. The van der Waals surface area contributed by atoms with E-state index >= 15 is 0 Å². The van der Waals surface area contributed by atoms with Gasteiger partial charge in [0.1, 0.15) is 12.7 Å². The SMILES string of the molecule is C=C(CNC(=C)NCc1ccc(N)cc1)NCc1cccc(-n2cncn2)c1. The number of nitrogens with zero attached hydrogens (tertiary/aromatic N) is 3. The number of aromatic nitrogens is 3. The predicted molar refractivity (Wildman–Crippen MR) is 112 cm³/mol. The Kier molecular flexibility index (Phi) is 6.30. The Morgan fingerprint density at radius 2 is 1.75 bits per heavy atom. The van der Waals surface area contributed by atoms with Crippen LogP contribution < -0.4 is 21.7 Å². The normalized spacial score (nSPS) is 10.3. The van der Waals surface area contributed by atoms with Crippen LogP contribution >= 0.6 is 0 Å². The van der Waals surface area contributed by atoms with Crippen molar-refractivity contribution >= 4 is 5.69 Å². The summed E-state index contributed by atoms with van der Waals surface area (Å²) in [6, 6.07) is 15.9. The lowest BCUT2D eigenvalue weighted by molar-refractivity contribution is 0.680. The molecule has 0 aliphatic heterocycles. The third-order valence-electron chi connectivity index (χ3n) is 4.14. The summed E-state index contributed by atoms with van der Waals surface area (Å²) >= 11 is 0. The van der Waals surface area contributed by atoms with Crippen LogP contribution in [0.1, 0.15) is 11.1 Å². The average molecular weight is 375 g/mol. The Balaban J connectivity index is 1.39. The molecular formula is C21H25N7. The summed E-state index contributed by atoms with van der Waals surface area (Å²) in [7, 11) is 0. The van der Waals surface area contributed by atoms with Crippen LogP contribution in [0.5, 0.6) is 0 Å². The number of rotatable bonds is 10. The van der Waals surface area contributed by atoms with Gasteiger partial charge in [-0.15, -0.1) is 0 Å². The minimum absolute atomic E-state index is 0.580. The largest absolute Gasteiger partial charge is 0.399 e. The lowest BCUT2D eigenvalue weighted by Crippen LogP contribution is -2.29. The van der Waals surface area contributed by atoms with Crippen molar-refractivity contribution in [3.8, 4) is 5.69 Å². The second-order valence-electron chi connectivity index (χ2n) is 6.39. The number of nitrogens with one attached hydrogen (secondary N) is 3. The standard InChI is InChI=1S/C21H25N7/c1-16(11-25-17(2)26-12-18-6-8-20(22)9-7-18)24-13-19-4-3-5-21(10-19)28-15-23-14-27-28/h3-10,14-15,24-26H,1-2,11-13,22H2. The van der Waals surface area contributed by atoms with Crippen molar-refractivity contribution in [3.63, 3.8) is 0 Å². The summed E-state index contributed by atoms with van der Waals surface area (Å²) in [6.45, 7) is 9.98. The van der Waals surface area contributed by atoms with Crippen LogP contribution in [0.15, 0.2) is 85.9 Å². The Morgan fingerprint density at radius 3 is 2.50 bits per heavy atom. The van der Waals surface area contributed by atoms with Crippen LogP contribution in [0.4, 0.5) is 5.69 Å². The van der Waals surface area contributed by atoms with Crippen molar-refractivity contribution in [1.29, 1.82) is 0 Å². The molecule has 0 atom stereocenters. The van der Waals surface area contributed by atoms with E-state index in [0.717, 1.165) is 34.0 Å².